The van der Waals surface area contributed by atoms with Gasteiger partial charge in [0, 0.05) is 25.1 Å². The molecule has 0 radical (unpaired) electrons. The molecule has 0 bridgehead atoms. The number of nitrogens with zero attached hydrogens (tertiary/aromatic N) is 3. The molecular formula is C15H14BrN3O. The Morgan fingerprint density at radius 3 is 2.80 bits per heavy atom. The van der Waals surface area contributed by atoms with Gasteiger partial charge in [-0.25, -0.2) is 4.98 Å². The Labute approximate surface area is 126 Å². The van der Waals surface area contributed by atoms with Crippen molar-refractivity contribution in [1.82, 2.24) is 14.9 Å². The first-order chi connectivity index (χ1) is 9.77. The minimum atomic E-state index is 0.0317. The first-order valence-corrected chi connectivity index (χ1v) is 7.38. The summed E-state index contributed by atoms with van der Waals surface area (Å²) in [5.74, 6) is 0.0317. The number of likely N-dealkylation sites (tertiary alicyclic amines) is 1. The predicted molar refractivity (Wildman–Crippen MR) is 79.2 cm³/mol. The quantitative estimate of drug-likeness (QED) is 0.794. The molecule has 0 N–H and O–H groups in total. The Balaban J connectivity index is 1.90. The topological polar surface area (TPSA) is 46.1 Å². The lowest BCUT2D eigenvalue weighted by Gasteiger charge is -2.25. The molecule has 1 atom stereocenters. The summed E-state index contributed by atoms with van der Waals surface area (Å²) in [6.45, 7) is 0.785. The van der Waals surface area contributed by atoms with E-state index in [1.807, 2.05) is 17.0 Å². The summed E-state index contributed by atoms with van der Waals surface area (Å²) >= 11 is 3.35. The molecule has 3 heterocycles. The van der Waals surface area contributed by atoms with Gasteiger partial charge in [-0.05, 0) is 58.6 Å². The fourth-order valence-corrected chi connectivity index (χ4v) is 3.06. The number of hydrogen-bond acceptors (Lipinski definition) is 3. The lowest BCUT2D eigenvalue weighted by atomic mass is 10.1. The van der Waals surface area contributed by atoms with E-state index in [1.54, 1.807) is 30.7 Å². The van der Waals surface area contributed by atoms with Crippen LogP contribution in [0.3, 0.4) is 0 Å². The van der Waals surface area contributed by atoms with Crippen molar-refractivity contribution < 1.29 is 4.79 Å². The molecule has 0 saturated carbocycles. The number of carbonyl (C=O) groups excluding carboxylic acids is 1. The van der Waals surface area contributed by atoms with Crippen molar-refractivity contribution >= 4 is 21.8 Å². The third-order valence-corrected chi connectivity index (χ3v) is 4.23. The molecule has 0 aliphatic carbocycles. The maximum absolute atomic E-state index is 12.7. The number of pyridine rings is 2. The van der Waals surface area contributed by atoms with Crippen molar-refractivity contribution in [2.75, 3.05) is 6.54 Å². The van der Waals surface area contributed by atoms with Crippen LogP contribution in [-0.2, 0) is 0 Å². The highest BCUT2D eigenvalue weighted by molar-refractivity contribution is 9.10. The van der Waals surface area contributed by atoms with E-state index in [0.29, 0.717) is 10.2 Å². The monoisotopic (exact) mass is 331 g/mol. The summed E-state index contributed by atoms with van der Waals surface area (Å²) < 4.78 is 0.602. The fourth-order valence-electron chi connectivity index (χ4n) is 2.64. The van der Waals surface area contributed by atoms with Crippen molar-refractivity contribution in [2.24, 2.45) is 0 Å². The highest BCUT2D eigenvalue weighted by atomic mass is 79.9. The van der Waals surface area contributed by atoms with Gasteiger partial charge in [0.25, 0.3) is 5.91 Å². The number of aromatic nitrogens is 2. The number of carbonyl (C=O) groups is 1. The van der Waals surface area contributed by atoms with Gasteiger partial charge in [0.05, 0.1) is 11.6 Å². The summed E-state index contributed by atoms with van der Waals surface area (Å²) in [5.41, 5.74) is 1.76. The highest BCUT2D eigenvalue weighted by Crippen LogP contribution is 2.33. The molecule has 102 valence electrons. The van der Waals surface area contributed by atoms with E-state index in [0.717, 1.165) is 24.9 Å². The number of amides is 1. The van der Waals surface area contributed by atoms with E-state index < -0.39 is 0 Å². The molecule has 1 aliphatic rings. The van der Waals surface area contributed by atoms with Crippen LogP contribution in [0.15, 0.2) is 47.5 Å². The van der Waals surface area contributed by atoms with Crippen LogP contribution in [-0.4, -0.2) is 27.3 Å². The summed E-state index contributed by atoms with van der Waals surface area (Å²) in [4.78, 5) is 22.8. The Hall–Kier alpha value is -1.75. The van der Waals surface area contributed by atoms with Crippen molar-refractivity contribution in [3.8, 4) is 0 Å². The smallest absolute Gasteiger partial charge is 0.257 e. The molecule has 2 aromatic rings. The molecular weight excluding hydrogens is 318 g/mol. The van der Waals surface area contributed by atoms with Crippen LogP contribution in [0.25, 0.3) is 0 Å². The van der Waals surface area contributed by atoms with Gasteiger partial charge in [-0.3, -0.25) is 9.78 Å². The molecule has 20 heavy (non-hydrogen) atoms. The molecule has 1 aliphatic heterocycles. The van der Waals surface area contributed by atoms with E-state index in [2.05, 4.69) is 25.9 Å². The summed E-state index contributed by atoms with van der Waals surface area (Å²) in [7, 11) is 0. The zero-order valence-corrected chi connectivity index (χ0v) is 12.5. The highest BCUT2D eigenvalue weighted by Gasteiger charge is 2.31. The molecule has 1 amide bonds. The largest absolute Gasteiger partial charge is 0.332 e. The van der Waals surface area contributed by atoms with Gasteiger partial charge in [-0.1, -0.05) is 0 Å². The van der Waals surface area contributed by atoms with Crippen molar-refractivity contribution in [3.63, 3.8) is 0 Å². The standard InChI is InChI=1S/C15H14BrN3O/c16-14-12(3-1-7-18-14)15(20)19-10-2-4-13(19)11-5-8-17-9-6-11/h1,3,5-9,13H,2,4,10H2. The van der Waals surface area contributed by atoms with Gasteiger partial charge >= 0.3 is 0 Å². The van der Waals surface area contributed by atoms with E-state index in [4.69, 9.17) is 0 Å². The molecule has 5 heteroatoms. The van der Waals surface area contributed by atoms with Gasteiger partial charge in [-0.15, -0.1) is 0 Å². The molecule has 1 unspecified atom stereocenters. The Morgan fingerprint density at radius 1 is 1.25 bits per heavy atom. The lowest BCUT2D eigenvalue weighted by molar-refractivity contribution is 0.0734. The Bertz CT molecular complexity index is 618. The molecule has 3 rings (SSSR count). The average molecular weight is 332 g/mol. The summed E-state index contributed by atoms with van der Waals surface area (Å²) in [5, 5.41) is 0. The molecule has 1 fully saturated rings. The van der Waals surface area contributed by atoms with Crippen molar-refractivity contribution in [2.45, 2.75) is 18.9 Å². The van der Waals surface area contributed by atoms with Gasteiger partial charge in [-0.2, -0.15) is 0 Å². The van der Waals surface area contributed by atoms with E-state index in [1.165, 1.54) is 0 Å². The Kier molecular flexibility index (Phi) is 3.78. The Morgan fingerprint density at radius 2 is 2.05 bits per heavy atom. The fraction of sp³-hybridized carbons (Fsp3) is 0.267. The van der Waals surface area contributed by atoms with Crippen LogP contribution >= 0.6 is 15.9 Å². The van der Waals surface area contributed by atoms with Crippen molar-refractivity contribution in [1.29, 1.82) is 0 Å². The maximum Gasteiger partial charge on any atom is 0.257 e. The minimum Gasteiger partial charge on any atom is -0.332 e. The number of halogens is 1. The molecule has 0 spiro atoms. The van der Waals surface area contributed by atoms with E-state index in [-0.39, 0.29) is 11.9 Å². The summed E-state index contributed by atoms with van der Waals surface area (Å²) in [6, 6.07) is 7.69. The molecule has 1 saturated heterocycles. The zero-order valence-electron chi connectivity index (χ0n) is 10.9. The second-order valence-electron chi connectivity index (χ2n) is 4.78. The minimum absolute atomic E-state index is 0.0317. The van der Waals surface area contributed by atoms with Crippen molar-refractivity contribution in [3.05, 3.63) is 58.6 Å². The van der Waals surface area contributed by atoms with Crippen LogP contribution < -0.4 is 0 Å². The van der Waals surface area contributed by atoms with Gasteiger partial charge < -0.3 is 4.90 Å². The normalized spacial score (nSPS) is 18.2. The molecule has 0 aromatic carbocycles. The van der Waals surface area contributed by atoms with Crippen LogP contribution in [0, 0.1) is 0 Å². The number of hydrogen-bond donors (Lipinski definition) is 0. The second kappa shape index (κ2) is 5.71. The first kappa shape index (κ1) is 13.2. The van der Waals surface area contributed by atoms with Crippen LogP contribution in [0.2, 0.25) is 0 Å². The molecule has 2 aromatic heterocycles. The first-order valence-electron chi connectivity index (χ1n) is 6.59. The van der Waals surface area contributed by atoms with Gasteiger partial charge in [0.15, 0.2) is 0 Å². The second-order valence-corrected chi connectivity index (χ2v) is 5.53. The average Bonchev–Trinajstić information content (AvgIpc) is 2.97. The predicted octanol–water partition coefficient (Wildman–Crippen LogP) is 3.22. The van der Waals surface area contributed by atoms with Gasteiger partial charge in [0.1, 0.15) is 4.60 Å². The van der Waals surface area contributed by atoms with Crippen LogP contribution in [0.5, 0.6) is 0 Å². The summed E-state index contributed by atoms with van der Waals surface area (Å²) in [6.07, 6.45) is 7.24. The number of rotatable bonds is 2. The van der Waals surface area contributed by atoms with Gasteiger partial charge in [0.2, 0.25) is 0 Å². The van der Waals surface area contributed by atoms with E-state index in [9.17, 15) is 4.79 Å². The third-order valence-electron chi connectivity index (χ3n) is 3.59. The molecule has 4 nitrogen and oxygen atoms in total. The third kappa shape index (κ3) is 2.45. The zero-order chi connectivity index (χ0) is 13.9. The lowest BCUT2D eigenvalue weighted by Crippen LogP contribution is -2.30. The van der Waals surface area contributed by atoms with Crippen LogP contribution in [0.1, 0.15) is 34.8 Å². The SMILES string of the molecule is O=C(c1cccnc1Br)N1CCCC1c1ccncc1. The maximum atomic E-state index is 12.7. The van der Waals surface area contributed by atoms with E-state index >= 15 is 0 Å². The van der Waals surface area contributed by atoms with Crippen LogP contribution in [0.4, 0.5) is 0 Å².